The number of hydrogen-bond donors (Lipinski definition) is 1. The molecule has 3 rings (SSSR count). The van der Waals surface area contributed by atoms with Crippen LogP contribution in [0.1, 0.15) is 12.0 Å². The van der Waals surface area contributed by atoms with Crippen LogP contribution in [0.15, 0.2) is 42.5 Å². The molecule has 1 aliphatic rings. The predicted molar refractivity (Wildman–Crippen MR) is 123 cm³/mol. The summed E-state index contributed by atoms with van der Waals surface area (Å²) in [5, 5.41) is 3.09. The predicted octanol–water partition coefficient (Wildman–Crippen LogP) is 3.42. The van der Waals surface area contributed by atoms with Gasteiger partial charge in [0.15, 0.2) is 11.5 Å². The number of anilines is 1. The fourth-order valence-corrected chi connectivity index (χ4v) is 3.84. The van der Waals surface area contributed by atoms with Crippen LogP contribution in [0.4, 0.5) is 10.5 Å². The van der Waals surface area contributed by atoms with Gasteiger partial charge in [-0.3, -0.25) is 0 Å². The molecule has 1 unspecified atom stereocenters. The normalized spacial score (nSPS) is 15.5. The van der Waals surface area contributed by atoms with Gasteiger partial charge in [0.1, 0.15) is 5.75 Å². The van der Waals surface area contributed by atoms with E-state index in [1.165, 1.54) is 5.69 Å². The molecule has 1 N–H and O–H groups in total. The fourth-order valence-electron chi connectivity index (χ4n) is 3.84. The highest BCUT2D eigenvalue weighted by molar-refractivity contribution is 5.73. The van der Waals surface area contributed by atoms with Crippen LogP contribution in [-0.2, 0) is 6.42 Å². The van der Waals surface area contributed by atoms with Crippen molar-refractivity contribution in [3.8, 4) is 17.2 Å². The van der Waals surface area contributed by atoms with E-state index in [-0.39, 0.29) is 6.03 Å². The van der Waals surface area contributed by atoms with E-state index in [0.29, 0.717) is 30.5 Å². The Morgan fingerprint density at radius 3 is 2.65 bits per heavy atom. The molecular formula is C24H33N3O4. The van der Waals surface area contributed by atoms with E-state index in [1.807, 2.05) is 37.4 Å². The van der Waals surface area contributed by atoms with E-state index < -0.39 is 0 Å². The molecule has 2 aromatic carbocycles. The van der Waals surface area contributed by atoms with Crippen LogP contribution in [0.3, 0.4) is 0 Å². The van der Waals surface area contributed by atoms with Gasteiger partial charge in [-0.1, -0.05) is 12.1 Å². The Kier molecular flexibility index (Phi) is 7.87. The number of hydrogen-bond acceptors (Lipinski definition) is 5. The summed E-state index contributed by atoms with van der Waals surface area (Å²) >= 11 is 0. The number of ether oxygens (including phenoxy) is 3. The van der Waals surface area contributed by atoms with Gasteiger partial charge in [-0.05, 0) is 48.6 Å². The molecule has 0 saturated carbocycles. The summed E-state index contributed by atoms with van der Waals surface area (Å²) in [5.74, 6) is 2.71. The molecule has 0 spiro atoms. The third-order valence-electron chi connectivity index (χ3n) is 5.78. The Labute approximate surface area is 184 Å². The average Bonchev–Trinajstić information content (AvgIpc) is 3.29. The lowest BCUT2D eigenvalue weighted by Gasteiger charge is -2.21. The molecule has 1 atom stereocenters. The number of amides is 2. The largest absolute Gasteiger partial charge is 0.497 e. The molecule has 1 fully saturated rings. The highest BCUT2D eigenvalue weighted by atomic mass is 16.5. The third-order valence-corrected chi connectivity index (χ3v) is 5.78. The van der Waals surface area contributed by atoms with E-state index in [9.17, 15) is 4.79 Å². The Balaban J connectivity index is 1.43. The highest BCUT2D eigenvalue weighted by Crippen LogP contribution is 2.28. The van der Waals surface area contributed by atoms with E-state index in [2.05, 4.69) is 22.3 Å². The van der Waals surface area contributed by atoms with Crippen molar-refractivity contribution in [3.63, 3.8) is 0 Å². The minimum Gasteiger partial charge on any atom is -0.497 e. The summed E-state index contributed by atoms with van der Waals surface area (Å²) in [6.07, 6.45) is 1.81. The number of carbonyl (C=O) groups is 1. The maximum absolute atomic E-state index is 12.5. The van der Waals surface area contributed by atoms with E-state index >= 15 is 0 Å². The lowest BCUT2D eigenvalue weighted by Crippen LogP contribution is -2.40. The van der Waals surface area contributed by atoms with Crippen LogP contribution in [0.2, 0.25) is 0 Å². The van der Waals surface area contributed by atoms with Gasteiger partial charge in [0.05, 0.1) is 21.3 Å². The molecule has 0 radical (unpaired) electrons. The Bertz CT molecular complexity index is 874. The second-order valence-electron chi connectivity index (χ2n) is 7.85. The molecule has 168 valence electrons. The maximum atomic E-state index is 12.5. The topological polar surface area (TPSA) is 63.3 Å². The van der Waals surface area contributed by atoms with E-state index in [4.69, 9.17) is 14.2 Å². The van der Waals surface area contributed by atoms with Crippen molar-refractivity contribution in [2.75, 3.05) is 59.5 Å². The van der Waals surface area contributed by atoms with Gasteiger partial charge < -0.3 is 29.3 Å². The van der Waals surface area contributed by atoms with Crippen LogP contribution in [0.25, 0.3) is 0 Å². The lowest BCUT2D eigenvalue weighted by atomic mass is 10.1. The number of urea groups is 1. The van der Waals surface area contributed by atoms with E-state index in [1.54, 1.807) is 26.2 Å². The van der Waals surface area contributed by atoms with Gasteiger partial charge in [-0.15, -0.1) is 0 Å². The number of methoxy groups -OCH3 is 3. The van der Waals surface area contributed by atoms with Crippen molar-refractivity contribution in [2.45, 2.75) is 12.8 Å². The maximum Gasteiger partial charge on any atom is 0.317 e. The summed E-state index contributed by atoms with van der Waals surface area (Å²) in [6.45, 7) is 3.23. The van der Waals surface area contributed by atoms with Gasteiger partial charge in [0.25, 0.3) is 0 Å². The third kappa shape index (κ3) is 5.96. The molecule has 1 saturated heterocycles. The minimum absolute atomic E-state index is 0.0414. The number of nitrogens with one attached hydrogen (secondary N) is 1. The van der Waals surface area contributed by atoms with Crippen molar-refractivity contribution in [1.29, 1.82) is 0 Å². The van der Waals surface area contributed by atoms with Gasteiger partial charge in [-0.2, -0.15) is 0 Å². The Morgan fingerprint density at radius 2 is 1.90 bits per heavy atom. The molecular weight excluding hydrogens is 394 g/mol. The van der Waals surface area contributed by atoms with Crippen molar-refractivity contribution >= 4 is 11.7 Å². The van der Waals surface area contributed by atoms with Crippen LogP contribution in [0.5, 0.6) is 17.2 Å². The number of benzene rings is 2. The number of nitrogens with zero attached hydrogens (tertiary/aromatic N) is 2. The Hall–Kier alpha value is -3.09. The number of carbonyl (C=O) groups excluding carboxylic acids is 1. The zero-order chi connectivity index (χ0) is 22.2. The van der Waals surface area contributed by atoms with Crippen LogP contribution in [-0.4, -0.2) is 65.5 Å². The zero-order valence-electron chi connectivity index (χ0n) is 18.9. The Morgan fingerprint density at radius 1 is 1.10 bits per heavy atom. The first-order valence-electron chi connectivity index (χ1n) is 10.6. The molecule has 0 aromatic heterocycles. The van der Waals surface area contributed by atoms with Crippen molar-refractivity contribution in [1.82, 2.24) is 10.2 Å². The molecule has 7 heteroatoms. The molecule has 0 bridgehead atoms. The molecule has 1 aliphatic heterocycles. The standard InChI is InChI=1S/C24H33N3O4/c1-26(12-10-18-8-9-22(30-3)23(14-18)31-4)24(28)25-16-19-11-13-27(17-19)20-6-5-7-21(15-20)29-2/h5-9,14-15,19H,10-13,16-17H2,1-4H3,(H,25,28). The number of rotatable bonds is 9. The van der Waals surface area contributed by atoms with Crippen molar-refractivity contribution < 1.29 is 19.0 Å². The van der Waals surface area contributed by atoms with Crippen molar-refractivity contribution in [2.24, 2.45) is 5.92 Å². The first kappa shape index (κ1) is 22.6. The SMILES string of the molecule is COc1cccc(N2CCC(CNC(=O)N(C)CCc3ccc(OC)c(OC)c3)C2)c1. The second-order valence-corrected chi connectivity index (χ2v) is 7.85. The van der Waals surface area contributed by atoms with Crippen LogP contribution in [0, 0.1) is 5.92 Å². The molecule has 1 heterocycles. The fraction of sp³-hybridized carbons (Fsp3) is 0.458. The van der Waals surface area contributed by atoms with Crippen LogP contribution < -0.4 is 24.4 Å². The summed E-state index contributed by atoms with van der Waals surface area (Å²) in [4.78, 5) is 16.6. The van der Waals surface area contributed by atoms with E-state index in [0.717, 1.165) is 37.2 Å². The average molecular weight is 428 g/mol. The first-order chi connectivity index (χ1) is 15.0. The van der Waals surface area contributed by atoms with Crippen molar-refractivity contribution in [3.05, 3.63) is 48.0 Å². The molecule has 2 amide bonds. The summed E-state index contributed by atoms with van der Waals surface area (Å²) < 4.78 is 15.9. The van der Waals surface area contributed by atoms with Gasteiger partial charge in [0, 0.05) is 45.0 Å². The molecule has 2 aromatic rings. The lowest BCUT2D eigenvalue weighted by molar-refractivity contribution is 0.207. The highest BCUT2D eigenvalue weighted by Gasteiger charge is 2.23. The minimum atomic E-state index is -0.0414. The second kappa shape index (κ2) is 10.8. The van der Waals surface area contributed by atoms with Gasteiger partial charge >= 0.3 is 6.03 Å². The molecule has 0 aliphatic carbocycles. The summed E-state index contributed by atoms with van der Waals surface area (Å²) in [7, 11) is 6.76. The number of likely N-dealkylation sites (N-methyl/N-ethyl adjacent to an activating group) is 1. The van der Waals surface area contributed by atoms with Gasteiger partial charge in [0.2, 0.25) is 0 Å². The quantitative estimate of drug-likeness (QED) is 0.664. The summed E-state index contributed by atoms with van der Waals surface area (Å²) in [6, 6.07) is 13.9. The smallest absolute Gasteiger partial charge is 0.317 e. The van der Waals surface area contributed by atoms with Crippen LogP contribution >= 0.6 is 0 Å². The monoisotopic (exact) mass is 427 g/mol. The first-order valence-corrected chi connectivity index (χ1v) is 10.6. The summed E-state index contributed by atoms with van der Waals surface area (Å²) in [5.41, 5.74) is 2.27. The molecule has 31 heavy (non-hydrogen) atoms. The zero-order valence-corrected chi connectivity index (χ0v) is 18.9. The molecule has 7 nitrogen and oxygen atoms in total. The van der Waals surface area contributed by atoms with Gasteiger partial charge in [-0.25, -0.2) is 4.79 Å².